The number of alkyl carbamates (subject to hydrolysis) is 1. The molecule has 1 saturated carbocycles. The zero-order valence-corrected chi connectivity index (χ0v) is 15.3. The fourth-order valence-corrected chi connectivity index (χ4v) is 3.26. The van der Waals surface area contributed by atoms with Gasteiger partial charge in [-0.3, -0.25) is 14.4 Å². The predicted molar refractivity (Wildman–Crippen MR) is 93.4 cm³/mol. The number of ether oxygens (including phenoxy) is 1. The lowest BCUT2D eigenvalue weighted by Gasteiger charge is -2.21. The summed E-state index contributed by atoms with van der Waals surface area (Å²) in [6, 6.07) is 6.70. The molecule has 7 heteroatoms. The number of nitrogens with zero attached hydrogens (tertiary/aromatic N) is 1. The first-order chi connectivity index (χ1) is 12.2. The topological polar surface area (TPSA) is 84.9 Å². The minimum Gasteiger partial charge on any atom is -0.444 e. The normalized spacial score (nSPS) is 22.5. The number of carbonyl (C=O) groups excluding carboxylic acids is 3. The van der Waals surface area contributed by atoms with Gasteiger partial charge in [-0.2, -0.15) is 0 Å². The van der Waals surface area contributed by atoms with Crippen LogP contribution < -0.4 is 5.32 Å². The van der Waals surface area contributed by atoms with E-state index in [-0.39, 0.29) is 12.0 Å². The number of imide groups is 1. The Hall–Kier alpha value is -2.41. The van der Waals surface area contributed by atoms with Gasteiger partial charge in [0.1, 0.15) is 5.60 Å². The molecule has 1 heterocycles. The number of amides is 3. The lowest BCUT2D eigenvalue weighted by Crippen LogP contribution is -2.35. The highest BCUT2D eigenvalue weighted by molar-refractivity contribution is 6.20. The van der Waals surface area contributed by atoms with Gasteiger partial charge in [0.15, 0.2) is 0 Å². The van der Waals surface area contributed by atoms with Crippen molar-refractivity contribution < 1.29 is 24.0 Å². The Labute approximate surface area is 152 Å². The van der Waals surface area contributed by atoms with Crippen LogP contribution in [0.15, 0.2) is 24.3 Å². The molecule has 0 unspecified atom stereocenters. The van der Waals surface area contributed by atoms with Crippen molar-refractivity contribution in [3.63, 3.8) is 0 Å². The van der Waals surface area contributed by atoms with Gasteiger partial charge in [0.25, 0.3) is 11.8 Å². The van der Waals surface area contributed by atoms with Crippen LogP contribution in [-0.4, -0.2) is 41.2 Å². The van der Waals surface area contributed by atoms with Crippen molar-refractivity contribution >= 4 is 17.9 Å². The van der Waals surface area contributed by atoms with E-state index in [0.29, 0.717) is 24.1 Å². The Morgan fingerprint density at radius 3 is 2.35 bits per heavy atom. The van der Waals surface area contributed by atoms with Crippen molar-refractivity contribution in [1.29, 1.82) is 0 Å². The maximum absolute atomic E-state index is 12.3. The van der Waals surface area contributed by atoms with Crippen molar-refractivity contribution in [1.82, 2.24) is 10.4 Å². The molecular formula is C19H24N2O5. The molecular weight excluding hydrogens is 336 g/mol. The first kappa shape index (κ1) is 18.4. The first-order valence-electron chi connectivity index (χ1n) is 8.86. The highest BCUT2D eigenvalue weighted by Gasteiger charge is 2.39. The number of carbonyl (C=O) groups is 3. The fourth-order valence-electron chi connectivity index (χ4n) is 3.26. The number of hydroxylamine groups is 2. The molecule has 26 heavy (non-hydrogen) atoms. The van der Waals surface area contributed by atoms with E-state index >= 15 is 0 Å². The summed E-state index contributed by atoms with van der Waals surface area (Å²) in [4.78, 5) is 42.1. The Morgan fingerprint density at radius 1 is 1.15 bits per heavy atom. The number of rotatable bonds is 4. The number of hydrogen-bond donors (Lipinski definition) is 1. The third-order valence-corrected chi connectivity index (χ3v) is 4.44. The van der Waals surface area contributed by atoms with E-state index in [1.807, 2.05) is 20.8 Å². The number of fused-ring (bicyclic) bond motifs is 1. The Bertz CT molecular complexity index is 690. The van der Waals surface area contributed by atoms with Gasteiger partial charge < -0.3 is 10.1 Å². The highest BCUT2D eigenvalue weighted by Crippen LogP contribution is 2.31. The largest absolute Gasteiger partial charge is 0.444 e. The van der Waals surface area contributed by atoms with Gasteiger partial charge in [0, 0.05) is 6.54 Å². The second-order valence-corrected chi connectivity index (χ2v) is 7.74. The molecule has 1 N–H and O–H groups in total. The molecule has 1 aromatic carbocycles. The van der Waals surface area contributed by atoms with Crippen LogP contribution in [0.4, 0.5) is 4.79 Å². The molecule has 2 atom stereocenters. The van der Waals surface area contributed by atoms with Gasteiger partial charge in [0.05, 0.1) is 17.2 Å². The summed E-state index contributed by atoms with van der Waals surface area (Å²) >= 11 is 0. The average Bonchev–Trinajstić information content (AvgIpc) is 3.11. The quantitative estimate of drug-likeness (QED) is 0.835. The minimum atomic E-state index is -0.531. The Morgan fingerprint density at radius 2 is 1.77 bits per heavy atom. The number of hydrogen-bond acceptors (Lipinski definition) is 5. The van der Waals surface area contributed by atoms with Crippen LogP contribution in [-0.2, 0) is 9.57 Å². The van der Waals surface area contributed by atoms with E-state index < -0.39 is 23.5 Å². The highest BCUT2D eigenvalue weighted by atomic mass is 16.7. The first-order valence-corrected chi connectivity index (χ1v) is 8.86. The van der Waals surface area contributed by atoms with Crippen molar-refractivity contribution in [3.8, 4) is 0 Å². The molecule has 1 aliphatic carbocycles. The van der Waals surface area contributed by atoms with Crippen LogP contribution in [0, 0.1) is 5.92 Å². The second-order valence-electron chi connectivity index (χ2n) is 7.74. The lowest BCUT2D eigenvalue weighted by atomic mass is 10.1. The molecule has 0 aromatic heterocycles. The number of benzene rings is 1. The standard InChI is InChI=1S/C19H24N2O5/c1-19(2,3)25-18(24)20-11-12-8-9-13(10-12)26-21-16(22)14-6-4-5-7-15(14)17(21)23/h4-7,12-13H,8-11H2,1-3H3,(H,20,24)/t12-,13-/m0/s1. The van der Waals surface area contributed by atoms with Crippen molar-refractivity contribution in [3.05, 3.63) is 35.4 Å². The fraction of sp³-hybridized carbons (Fsp3) is 0.526. The summed E-state index contributed by atoms with van der Waals surface area (Å²) in [5, 5.41) is 3.64. The summed E-state index contributed by atoms with van der Waals surface area (Å²) in [5.74, 6) is -0.607. The monoisotopic (exact) mass is 360 g/mol. The van der Waals surface area contributed by atoms with Gasteiger partial charge in [0.2, 0.25) is 0 Å². The average molecular weight is 360 g/mol. The van der Waals surface area contributed by atoms with Crippen LogP contribution >= 0.6 is 0 Å². The maximum atomic E-state index is 12.3. The van der Waals surface area contributed by atoms with Crippen LogP contribution in [0.5, 0.6) is 0 Å². The van der Waals surface area contributed by atoms with E-state index in [1.165, 1.54) is 0 Å². The van der Waals surface area contributed by atoms with Crippen LogP contribution in [0.25, 0.3) is 0 Å². The van der Waals surface area contributed by atoms with Crippen molar-refractivity contribution in [2.75, 3.05) is 6.54 Å². The molecule has 0 spiro atoms. The molecule has 0 bridgehead atoms. The summed E-state index contributed by atoms with van der Waals surface area (Å²) in [6.45, 7) is 5.92. The summed E-state index contributed by atoms with van der Waals surface area (Å²) in [6.07, 6.45) is 1.59. The second kappa shape index (κ2) is 7.07. The maximum Gasteiger partial charge on any atom is 0.407 e. The third kappa shape index (κ3) is 4.04. The summed E-state index contributed by atoms with van der Waals surface area (Å²) < 4.78 is 5.22. The molecule has 140 valence electrons. The molecule has 1 aromatic rings. The van der Waals surface area contributed by atoms with E-state index in [0.717, 1.165) is 17.9 Å². The Kier molecular flexibility index (Phi) is 5.00. The molecule has 0 saturated heterocycles. The molecule has 1 fully saturated rings. The van der Waals surface area contributed by atoms with Gasteiger partial charge in [-0.05, 0) is 58.1 Å². The van der Waals surface area contributed by atoms with Crippen LogP contribution in [0.2, 0.25) is 0 Å². The molecule has 1 aliphatic heterocycles. The zero-order chi connectivity index (χ0) is 18.9. The summed E-state index contributed by atoms with van der Waals surface area (Å²) in [7, 11) is 0. The van der Waals surface area contributed by atoms with Crippen molar-refractivity contribution in [2.24, 2.45) is 5.92 Å². The van der Waals surface area contributed by atoms with Crippen LogP contribution in [0.3, 0.4) is 0 Å². The van der Waals surface area contributed by atoms with Crippen molar-refractivity contribution in [2.45, 2.75) is 51.7 Å². The van der Waals surface area contributed by atoms with E-state index in [4.69, 9.17) is 9.57 Å². The lowest BCUT2D eigenvalue weighted by molar-refractivity contribution is -0.130. The molecule has 0 radical (unpaired) electrons. The van der Waals surface area contributed by atoms with E-state index in [2.05, 4.69) is 5.32 Å². The zero-order valence-electron chi connectivity index (χ0n) is 15.3. The molecule has 3 rings (SSSR count). The van der Waals surface area contributed by atoms with Gasteiger partial charge in [-0.1, -0.05) is 12.1 Å². The van der Waals surface area contributed by atoms with Crippen LogP contribution in [0.1, 0.15) is 60.7 Å². The molecule has 3 amide bonds. The third-order valence-electron chi connectivity index (χ3n) is 4.44. The van der Waals surface area contributed by atoms with E-state index in [1.54, 1.807) is 24.3 Å². The van der Waals surface area contributed by atoms with E-state index in [9.17, 15) is 14.4 Å². The van der Waals surface area contributed by atoms with Gasteiger partial charge in [-0.25, -0.2) is 4.79 Å². The van der Waals surface area contributed by atoms with Gasteiger partial charge in [-0.15, -0.1) is 5.06 Å². The predicted octanol–water partition coefficient (Wildman–Crippen LogP) is 2.91. The Balaban J connectivity index is 1.49. The molecule has 7 nitrogen and oxygen atoms in total. The van der Waals surface area contributed by atoms with Gasteiger partial charge >= 0.3 is 6.09 Å². The number of nitrogens with one attached hydrogen (secondary N) is 1. The SMILES string of the molecule is CC(C)(C)OC(=O)NC[C@H]1CC[C@H](ON2C(=O)c3ccccc3C2=O)C1. The summed E-state index contributed by atoms with van der Waals surface area (Å²) in [5.41, 5.74) is 0.217. The smallest absolute Gasteiger partial charge is 0.407 e. The molecule has 2 aliphatic rings. The minimum absolute atomic E-state index is 0.220.